The van der Waals surface area contributed by atoms with Crippen LogP contribution in [-0.2, 0) is 9.53 Å². The van der Waals surface area contributed by atoms with E-state index >= 15 is 0 Å². The molecule has 0 bridgehead atoms. The van der Waals surface area contributed by atoms with Gasteiger partial charge in [0.25, 0.3) is 0 Å². The van der Waals surface area contributed by atoms with Gasteiger partial charge in [-0.05, 0) is 49.5 Å². The Hall–Kier alpha value is -2.62. The molecule has 1 fully saturated rings. The van der Waals surface area contributed by atoms with Gasteiger partial charge in [0.05, 0.1) is 0 Å². The van der Waals surface area contributed by atoms with E-state index in [9.17, 15) is 9.59 Å². The van der Waals surface area contributed by atoms with E-state index in [1.54, 1.807) is 6.07 Å². The Kier molecular flexibility index (Phi) is 6.05. The van der Waals surface area contributed by atoms with E-state index in [0.29, 0.717) is 17.2 Å². The quantitative estimate of drug-likeness (QED) is 0.413. The molecule has 0 amide bonds. The summed E-state index contributed by atoms with van der Waals surface area (Å²) in [7, 11) is 0. The minimum Gasteiger partial charge on any atom is -0.462 e. The molecule has 4 nitrogen and oxygen atoms in total. The molecule has 4 heteroatoms. The van der Waals surface area contributed by atoms with Gasteiger partial charge in [-0.25, -0.2) is 4.79 Å². The Bertz CT molecular complexity index is 777. The Morgan fingerprint density at radius 1 is 1.08 bits per heavy atom. The fourth-order valence-corrected chi connectivity index (χ4v) is 3.34. The molecule has 0 saturated heterocycles. The number of ketones is 1. The van der Waals surface area contributed by atoms with Crippen molar-refractivity contribution in [2.75, 3.05) is 6.61 Å². The molecular formula is C22H24O4. The van der Waals surface area contributed by atoms with Gasteiger partial charge in [-0.15, -0.1) is 0 Å². The van der Waals surface area contributed by atoms with Gasteiger partial charge in [-0.3, -0.25) is 4.79 Å². The van der Waals surface area contributed by atoms with Gasteiger partial charge in [-0.1, -0.05) is 43.5 Å². The summed E-state index contributed by atoms with van der Waals surface area (Å²) in [4.78, 5) is 23.9. The predicted molar refractivity (Wildman–Crippen MR) is 100 cm³/mol. The molecular weight excluding hydrogens is 328 g/mol. The number of benzene rings is 1. The highest BCUT2D eigenvalue weighted by Crippen LogP contribution is 2.32. The maximum atomic E-state index is 12.2. The highest BCUT2D eigenvalue weighted by molar-refractivity contribution is 5.98. The molecule has 26 heavy (non-hydrogen) atoms. The number of rotatable bonds is 6. The maximum absolute atomic E-state index is 12.2. The predicted octanol–water partition coefficient (Wildman–Crippen LogP) is 5.08. The minimum absolute atomic E-state index is 0.198. The highest BCUT2D eigenvalue weighted by atomic mass is 16.5. The third-order valence-corrected chi connectivity index (χ3v) is 4.80. The van der Waals surface area contributed by atoms with Crippen molar-refractivity contribution in [1.29, 1.82) is 0 Å². The molecule has 0 N–H and O–H groups in total. The monoisotopic (exact) mass is 352 g/mol. The Balaban J connectivity index is 1.49. The molecule has 1 aliphatic rings. The fourth-order valence-electron chi connectivity index (χ4n) is 3.34. The average Bonchev–Trinajstić information content (AvgIpc) is 3.10. The number of carbonyl (C=O) groups excluding carboxylic acids is 2. The van der Waals surface area contributed by atoms with Crippen molar-refractivity contribution in [3.8, 4) is 0 Å². The Labute approximate surface area is 153 Å². The summed E-state index contributed by atoms with van der Waals surface area (Å²) < 4.78 is 10.3. The standard InChI is InChI=1S/C22H24O4/c1-16-7-12-20(26-16)13-14-22(24)25-15-21(23)19-10-8-18(9-11-19)17-5-3-2-4-6-17/h7-14,17H,2-6,15H2,1H3. The second-order valence-corrected chi connectivity index (χ2v) is 6.77. The molecule has 0 unspecified atom stereocenters. The fraction of sp³-hybridized carbons (Fsp3) is 0.364. The van der Waals surface area contributed by atoms with Gasteiger partial charge in [-0.2, -0.15) is 0 Å². The molecule has 136 valence electrons. The largest absolute Gasteiger partial charge is 0.462 e. The molecule has 0 aliphatic heterocycles. The number of ether oxygens (including phenoxy) is 1. The van der Waals surface area contributed by atoms with Crippen LogP contribution in [0.5, 0.6) is 0 Å². The van der Waals surface area contributed by atoms with Crippen LogP contribution in [0.2, 0.25) is 0 Å². The summed E-state index contributed by atoms with van der Waals surface area (Å²) in [5.41, 5.74) is 1.87. The van der Waals surface area contributed by atoms with E-state index in [1.165, 1.54) is 49.8 Å². The van der Waals surface area contributed by atoms with E-state index in [4.69, 9.17) is 9.15 Å². The van der Waals surface area contributed by atoms with Crippen molar-refractivity contribution in [3.05, 3.63) is 65.1 Å². The molecule has 3 rings (SSSR count). The van der Waals surface area contributed by atoms with Crippen LogP contribution < -0.4 is 0 Å². The maximum Gasteiger partial charge on any atom is 0.331 e. The van der Waals surface area contributed by atoms with Gasteiger partial charge < -0.3 is 9.15 Å². The van der Waals surface area contributed by atoms with Gasteiger partial charge in [0, 0.05) is 11.6 Å². The molecule has 1 aromatic heterocycles. The number of carbonyl (C=O) groups is 2. The minimum atomic E-state index is -0.564. The second-order valence-electron chi connectivity index (χ2n) is 6.77. The lowest BCUT2D eigenvalue weighted by Crippen LogP contribution is -2.13. The number of hydrogen-bond acceptors (Lipinski definition) is 4. The summed E-state index contributed by atoms with van der Waals surface area (Å²) in [6.45, 7) is 1.57. The molecule has 1 heterocycles. The van der Waals surface area contributed by atoms with Crippen molar-refractivity contribution in [3.63, 3.8) is 0 Å². The first kappa shape index (κ1) is 18.2. The number of esters is 1. The molecule has 1 saturated carbocycles. The second kappa shape index (κ2) is 8.65. The van der Waals surface area contributed by atoms with Crippen LogP contribution in [0.15, 0.2) is 46.9 Å². The van der Waals surface area contributed by atoms with Crippen LogP contribution in [0.1, 0.15) is 65.5 Å². The lowest BCUT2D eigenvalue weighted by atomic mass is 9.84. The summed E-state index contributed by atoms with van der Waals surface area (Å²) in [5.74, 6) is 1.19. The Morgan fingerprint density at radius 3 is 2.46 bits per heavy atom. The molecule has 1 aromatic carbocycles. The zero-order valence-electron chi connectivity index (χ0n) is 15.1. The zero-order chi connectivity index (χ0) is 18.4. The number of hydrogen-bond donors (Lipinski definition) is 0. The van der Waals surface area contributed by atoms with Crippen LogP contribution in [0.3, 0.4) is 0 Å². The normalized spacial score (nSPS) is 15.3. The molecule has 2 aromatic rings. The summed E-state index contributed by atoms with van der Waals surface area (Å²) >= 11 is 0. The topological polar surface area (TPSA) is 56.5 Å². The Morgan fingerprint density at radius 2 is 1.81 bits per heavy atom. The number of aryl methyl sites for hydroxylation is 1. The molecule has 0 atom stereocenters. The van der Waals surface area contributed by atoms with Crippen LogP contribution in [0.4, 0.5) is 0 Å². The van der Waals surface area contributed by atoms with E-state index < -0.39 is 5.97 Å². The zero-order valence-corrected chi connectivity index (χ0v) is 15.1. The van der Waals surface area contributed by atoms with Crippen molar-refractivity contribution in [2.24, 2.45) is 0 Å². The van der Waals surface area contributed by atoms with Crippen molar-refractivity contribution in [2.45, 2.75) is 44.9 Å². The SMILES string of the molecule is Cc1ccc(C=CC(=O)OCC(=O)c2ccc(C3CCCCC3)cc2)o1. The number of furan rings is 1. The van der Waals surface area contributed by atoms with Crippen LogP contribution in [-0.4, -0.2) is 18.4 Å². The van der Waals surface area contributed by atoms with E-state index in [2.05, 4.69) is 0 Å². The third kappa shape index (κ3) is 4.94. The van der Waals surface area contributed by atoms with Crippen molar-refractivity contribution >= 4 is 17.8 Å². The van der Waals surface area contributed by atoms with E-state index in [0.717, 1.165) is 5.76 Å². The summed E-state index contributed by atoms with van der Waals surface area (Å²) in [5, 5.41) is 0. The van der Waals surface area contributed by atoms with Crippen LogP contribution >= 0.6 is 0 Å². The van der Waals surface area contributed by atoms with Crippen LogP contribution in [0, 0.1) is 6.92 Å². The van der Waals surface area contributed by atoms with Gasteiger partial charge >= 0.3 is 5.97 Å². The first-order valence-electron chi connectivity index (χ1n) is 9.16. The summed E-state index contributed by atoms with van der Waals surface area (Å²) in [6.07, 6.45) is 9.14. The highest BCUT2D eigenvalue weighted by Gasteiger charge is 2.16. The van der Waals surface area contributed by atoms with E-state index in [-0.39, 0.29) is 12.4 Å². The van der Waals surface area contributed by atoms with Gasteiger partial charge in [0.1, 0.15) is 11.5 Å². The molecule has 0 radical (unpaired) electrons. The van der Waals surface area contributed by atoms with Crippen molar-refractivity contribution in [1.82, 2.24) is 0 Å². The molecule has 0 spiro atoms. The average molecular weight is 352 g/mol. The molecule has 1 aliphatic carbocycles. The smallest absolute Gasteiger partial charge is 0.331 e. The van der Waals surface area contributed by atoms with Crippen molar-refractivity contribution < 1.29 is 18.7 Å². The lowest BCUT2D eigenvalue weighted by molar-refractivity contribution is -0.136. The first-order chi connectivity index (χ1) is 12.6. The lowest BCUT2D eigenvalue weighted by Gasteiger charge is -2.22. The van der Waals surface area contributed by atoms with E-state index in [1.807, 2.05) is 37.3 Å². The van der Waals surface area contributed by atoms with Crippen LogP contribution in [0.25, 0.3) is 6.08 Å². The first-order valence-corrected chi connectivity index (χ1v) is 9.16. The van der Waals surface area contributed by atoms with Gasteiger partial charge in [0.15, 0.2) is 12.4 Å². The van der Waals surface area contributed by atoms with Gasteiger partial charge in [0.2, 0.25) is 0 Å². The third-order valence-electron chi connectivity index (χ3n) is 4.80. The number of Topliss-reactive ketones (excluding diaryl/α,β-unsaturated/α-hetero) is 1. The summed E-state index contributed by atoms with van der Waals surface area (Å²) in [6, 6.07) is 11.3.